The summed E-state index contributed by atoms with van der Waals surface area (Å²) in [7, 11) is 0. The van der Waals surface area contributed by atoms with E-state index in [0.717, 1.165) is 28.6 Å². The molecular weight excluding hydrogens is 444 g/mol. The Labute approximate surface area is 195 Å². The number of aromatic nitrogens is 4. The predicted molar refractivity (Wildman–Crippen MR) is 122 cm³/mol. The first-order valence-corrected chi connectivity index (χ1v) is 11.2. The quantitative estimate of drug-likeness (QED) is 0.456. The van der Waals surface area contributed by atoms with E-state index in [2.05, 4.69) is 19.9 Å². The fourth-order valence-corrected chi connectivity index (χ4v) is 5.05. The van der Waals surface area contributed by atoms with Crippen molar-refractivity contribution in [1.82, 2.24) is 29.5 Å². The Balaban J connectivity index is 1.52. The highest BCUT2D eigenvalue weighted by molar-refractivity contribution is 6.21. The van der Waals surface area contributed by atoms with Gasteiger partial charge in [0.2, 0.25) is 0 Å². The van der Waals surface area contributed by atoms with E-state index in [1.54, 1.807) is 22.0 Å². The minimum atomic E-state index is -0.545. The Hall–Kier alpha value is -3.33. The highest BCUT2D eigenvalue weighted by atomic mass is 35.5. The smallest absolute Gasteiger partial charge is 0.310 e. The number of amides is 2. The Morgan fingerprint density at radius 2 is 1.85 bits per heavy atom. The van der Waals surface area contributed by atoms with Crippen molar-refractivity contribution in [2.24, 2.45) is 5.92 Å². The Morgan fingerprint density at radius 3 is 2.52 bits per heavy atom. The molecule has 1 saturated heterocycles. The molecule has 5 rings (SSSR count). The summed E-state index contributed by atoms with van der Waals surface area (Å²) >= 11 is 5.54. The van der Waals surface area contributed by atoms with Gasteiger partial charge in [-0.05, 0) is 55.9 Å². The second kappa shape index (κ2) is 7.91. The molecule has 2 aromatic heterocycles. The molecule has 170 valence electrons. The molecule has 1 N–H and O–H groups in total. The van der Waals surface area contributed by atoms with Crippen LogP contribution < -0.4 is 4.84 Å². The number of hydrogen-bond donors (Lipinski definition) is 1. The first-order chi connectivity index (χ1) is 15.8. The maximum absolute atomic E-state index is 13.2. The zero-order valence-corrected chi connectivity index (χ0v) is 19.3. The van der Waals surface area contributed by atoms with Crippen molar-refractivity contribution in [2.45, 2.75) is 52.2 Å². The number of carbonyl (C=O) groups is 3. The van der Waals surface area contributed by atoms with E-state index in [1.165, 1.54) is 6.92 Å². The molecule has 1 saturated carbocycles. The topological polar surface area (TPSA) is 110 Å². The number of fused-ring (bicyclic) bond motifs is 2. The van der Waals surface area contributed by atoms with Gasteiger partial charge >= 0.3 is 6.03 Å². The maximum Gasteiger partial charge on any atom is 0.332 e. The Bertz CT molecular complexity index is 1300. The molecule has 3 aromatic rings. The number of nitrogens with one attached hydrogen (secondary N) is 1. The van der Waals surface area contributed by atoms with Crippen LogP contribution in [0.25, 0.3) is 22.0 Å². The number of aryl methyl sites for hydroxylation is 2. The summed E-state index contributed by atoms with van der Waals surface area (Å²) in [6.07, 6.45) is 5.01. The first-order valence-electron chi connectivity index (χ1n) is 10.8. The maximum atomic E-state index is 13.2. The molecule has 0 radical (unpaired) electrons. The third-order valence-electron chi connectivity index (χ3n) is 6.58. The number of hydrogen-bond acceptors (Lipinski definition) is 6. The van der Waals surface area contributed by atoms with E-state index in [1.807, 2.05) is 26.0 Å². The van der Waals surface area contributed by atoms with Crippen LogP contribution in [0.5, 0.6) is 0 Å². The van der Waals surface area contributed by atoms with Crippen molar-refractivity contribution < 1.29 is 14.4 Å². The van der Waals surface area contributed by atoms with Gasteiger partial charge in [0.05, 0.1) is 11.6 Å². The zero-order valence-electron chi connectivity index (χ0n) is 18.5. The van der Waals surface area contributed by atoms with Crippen LogP contribution in [0.2, 0.25) is 0 Å². The fraction of sp³-hybridized carbons (Fsp3) is 0.391. The van der Waals surface area contributed by atoms with Crippen LogP contribution in [-0.4, -0.2) is 54.3 Å². The summed E-state index contributed by atoms with van der Waals surface area (Å²) in [6, 6.07) is 2.94. The summed E-state index contributed by atoms with van der Waals surface area (Å²) < 4.78 is 1.58. The van der Waals surface area contributed by atoms with E-state index in [-0.39, 0.29) is 24.2 Å². The van der Waals surface area contributed by atoms with Gasteiger partial charge < -0.3 is 4.90 Å². The van der Waals surface area contributed by atoms with Crippen molar-refractivity contribution >= 4 is 40.3 Å². The van der Waals surface area contributed by atoms with Crippen molar-refractivity contribution in [1.29, 1.82) is 0 Å². The molecule has 3 heterocycles. The normalized spacial score (nSPS) is 21.2. The van der Waals surface area contributed by atoms with Crippen LogP contribution in [0.1, 0.15) is 41.6 Å². The van der Waals surface area contributed by atoms with Crippen LogP contribution in [-0.2, 0) is 11.3 Å². The Kier molecular flexibility index (Phi) is 5.16. The van der Waals surface area contributed by atoms with Gasteiger partial charge in [0.15, 0.2) is 11.6 Å². The molecule has 1 aromatic carbocycles. The number of carbonyl (C=O) groups excluding carboxylic acids is 3. The van der Waals surface area contributed by atoms with Crippen LogP contribution in [0.3, 0.4) is 0 Å². The second-order valence-corrected chi connectivity index (χ2v) is 9.05. The number of rotatable bonds is 5. The monoisotopic (exact) mass is 466 g/mol. The lowest BCUT2D eigenvalue weighted by molar-refractivity contribution is -0.123. The number of nitrogens with zero attached hydrogens (tertiary/aromatic N) is 5. The van der Waals surface area contributed by atoms with Gasteiger partial charge in [0, 0.05) is 48.1 Å². The predicted octanol–water partition coefficient (Wildman–Crippen LogP) is 3.21. The van der Waals surface area contributed by atoms with Gasteiger partial charge in [-0.25, -0.2) is 19.6 Å². The second-order valence-electron chi connectivity index (χ2n) is 8.86. The molecule has 2 amide bonds. The highest BCUT2D eigenvalue weighted by Crippen LogP contribution is 2.48. The van der Waals surface area contributed by atoms with Crippen molar-refractivity contribution in [3.8, 4) is 11.1 Å². The van der Waals surface area contributed by atoms with Gasteiger partial charge in [0.25, 0.3) is 0 Å². The largest absolute Gasteiger partial charge is 0.332 e. The molecule has 1 aliphatic heterocycles. The van der Waals surface area contributed by atoms with E-state index in [0.29, 0.717) is 29.2 Å². The highest BCUT2D eigenvalue weighted by Gasteiger charge is 2.56. The van der Waals surface area contributed by atoms with E-state index in [4.69, 9.17) is 11.8 Å². The van der Waals surface area contributed by atoms with Gasteiger partial charge in [-0.15, -0.1) is 0 Å². The van der Waals surface area contributed by atoms with Gasteiger partial charge in [-0.3, -0.25) is 14.3 Å². The summed E-state index contributed by atoms with van der Waals surface area (Å²) in [5.41, 5.74) is 3.61. The number of likely N-dealkylation sites (tertiary alicyclic amines) is 1. The van der Waals surface area contributed by atoms with Gasteiger partial charge in [-0.2, -0.15) is 5.10 Å². The van der Waals surface area contributed by atoms with Gasteiger partial charge in [0.1, 0.15) is 18.1 Å². The lowest BCUT2D eigenvalue weighted by Crippen LogP contribution is -2.47. The standard InChI is InChI=1S/C23H23ClN6O3/c1-11-4-14(16-8-25-13(3)26-9-16)5-17-21(12(2)31)28-29(22(11)17)10-20(32)19-7-15-6-18(15)30(19)23(33)27-24/h4-5,8-9,15,18-19H,6-7,10H2,1-3H3,(H,27,33)/t15-,18+,19?/m0/s1. The molecule has 0 spiro atoms. The number of piperidine rings is 1. The fourth-order valence-electron chi connectivity index (χ4n) is 4.95. The number of urea groups is 1. The zero-order chi connectivity index (χ0) is 23.4. The number of halogens is 1. The average molecular weight is 467 g/mol. The Morgan fingerprint density at radius 1 is 1.12 bits per heavy atom. The summed E-state index contributed by atoms with van der Waals surface area (Å²) in [6.45, 7) is 5.17. The lowest BCUT2D eigenvalue weighted by Gasteiger charge is -2.25. The summed E-state index contributed by atoms with van der Waals surface area (Å²) in [5.74, 6) is 0.704. The number of Topliss-reactive ketones (excluding diaryl/α,β-unsaturated/α-hetero) is 2. The van der Waals surface area contributed by atoms with Crippen molar-refractivity contribution in [2.75, 3.05) is 0 Å². The van der Waals surface area contributed by atoms with E-state index < -0.39 is 12.1 Å². The summed E-state index contributed by atoms with van der Waals surface area (Å²) in [4.78, 5) is 50.0. The van der Waals surface area contributed by atoms with Crippen LogP contribution in [0, 0.1) is 19.8 Å². The molecule has 1 aliphatic carbocycles. The SMILES string of the molecule is CC(=O)c1nn(CC(=O)C2C[C@@H]3C[C@H]3N2C(=O)NCl)c2c(C)cc(-c3cnc(C)nc3)cc12. The minimum Gasteiger partial charge on any atom is -0.310 e. The molecule has 0 bridgehead atoms. The third kappa shape index (κ3) is 3.66. The molecule has 3 atom stereocenters. The number of benzene rings is 1. The lowest BCUT2D eigenvalue weighted by atomic mass is 10.0. The third-order valence-corrected chi connectivity index (χ3v) is 6.74. The molecule has 33 heavy (non-hydrogen) atoms. The number of ketones is 2. The molecule has 2 aliphatic rings. The van der Waals surface area contributed by atoms with E-state index >= 15 is 0 Å². The van der Waals surface area contributed by atoms with Crippen LogP contribution >= 0.6 is 11.8 Å². The summed E-state index contributed by atoms with van der Waals surface area (Å²) in [5, 5.41) is 5.18. The molecule has 10 heteroatoms. The van der Waals surface area contributed by atoms with Crippen molar-refractivity contribution in [3.63, 3.8) is 0 Å². The molecule has 1 unspecified atom stereocenters. The molecule has 9 nitrogen and oxygen atoms in total. The van der Waals surface area contributed by atoms with E-state index in [9.17, 15) is 14.4 Å². The molecule has 2 fully saturated rings. The average Bonchev–Trinajstić information content (AvgIpc) is 3.29. The molecular formula is C23H23ClN6O3. The van der Waals surface area contributed by atoms with Gasteiger partial charge in [-0.1, -0.05) is 0 Å². The van der Waals surface area contributed by atoms with Crippen LogP contribution in [0.4, 0.5) is 4.79 Å². The first kappa shape index (κ1) is 21.5. The van der Waals surface area contributed by atoms with Crippen LogP contribution in [0.15, 0.2) is 24.5 Å². The minimum absolute atomic E-state index is 0.0339. The van der Waals surface area contributed by atoms with Crippen molar-refractivity contribution in [3.05, 3.63) is 41.6 Å².